The average Bonchev–Trinajstić information content (AvgIpc) is 2.99. The van der Waals surface area contributed by atoms with E-state index in [0.29, 0.717) is 12.3 Å². The highest BCUT2D eigenvalue weighted by atomic mass is 127. The summed E-state index contributed by atoms with van der Waals surface area (Å²) in [6.07, 6.45) is 4.83. The van der Waals surface area contributed by atoms with Gasteiger partial charge in [0.25, 0.3) is 0 Å². The van der Waals surface area contributed by atoms with Crippen LogP contribution in [0.3, 0.4) is 0 Å². The fraction of sp³-hybridized carbons (Fsp3) is 0.300. The van der Waals surface area contributed by atoms with Crippen LogP contribution >= 0.6 is 40.0 Å². The molecule has 0 bridgehead atoms. The van der Waals surface area contributed by atoms with Crippen LogP contribution in [0.25, 0.3) is 10.9 Å². The minimum Gasteiger partial charge on any atom is -0.237 e. The Labute approximate surface area is 115 Å². The van der Waals surface area contributed by atoms with Crippen LogP contribution in [0, 0.1) is 0 Å². The number of rotatable bonds is 2. The van der Waals surface area contributed by atoms with E-state index >= 15 is 0 Å². The van der Waals surface area contributed by atoms with Crippen LogP contribution in [-0.2, 0) is 0 Å². The van der Waals surface area contributed by atoms with E-state index in [9.17, 15) is 0 Å². The maximum Gasteiger partial charge on any atom is 0.115 e. The van der Waals surface area contributed by atoms with Crippen LogP contribution in [0.5, 0.6) is 0 Å². The van der Waals surface area contributed by atoms with E-state index in [1.807, 2.05) is 16.7 Å². The first kappa shape index (κ1) is 11.3. The van der Waals surface area contributed by atoms with Gasteiger partial charge in [-0.1, -0.05) is 17.1 Å². The summed E-state index contributed by atoms with van der Waals surface area (Å²) in [6.45, 7) is 0. The second kappa shape index (κ2) is 4.15. The molecule has 0 spiro atoms. The standard InChI is InChI=1S/C10H8BClIN2P/c11-10-6-4-14-15(16-13)8(6)3-7(12)9(10)5-1-2-5/h3-5,16H,1-2H2. The van der Waals surface area contributed by atoms with Gasteiger partial charge in [-0.15, -0.1) is 0 Å². The van der Waals surface area contributed by atoms with Crippen LogP contribution in [0.15, 0.2) is 12.3 Å². The van der Waals surface area contributed by atoms with Crippen molar-refractivity contribution < 1.29 is 0 Å². The number of hydrogen-bond donors (Lipinski definition) is 0. The Morgan fingerprint density at radius 3 is 2.94 bits per heavy atom. The molecule has 1 aliphatic rings. The van der Waals surface area contributed by atoms with Crippen LogP contribution in [0.1, 0.15) is 24.3 Å². The first-order valence-electron chi connectivity index (χ1n) is 5.04. The van der Waals surface area contributed by atoms with E-state index < -0.39 is 0 Å². The number of fused-ring (bicyclic) bond motifs is 1. The number of hydrogen-bond acceptors (Lipinski definition) is 1. The lowest BCUT2D eigenvalue weighted by Crippen LogP contribution is -2.11. The maximum atomic E-state index is 6.31. The lowest BCUT2D eigenvalue weighted by atomic mass is 9.85. The Balaban J connectivity index is 2.31. The van der Waals surface area contributed by atoms with Crippen LogP contribution in [0.2, 0.25) is 5.02 Å². The molecule has 2 aromatic rings. The number of halogens is 2. The van der Waals surface area contributed by atoms with E-state index in [2.05, 4.69) is 27.1 Å². The molecule has 6 heteroatoms. The maximum absolute atomic E-state index is 6.31. The molecular weight excluding hydrogens is 352 g/mol. The topological polar surface area (TPSA) is 17.8 Å². The largest absolute Gasteiger partial charge is 0.237 e. The van der Waals surface area contributed by atoms with Crippen molar-refractivity contribution in [3.8, 4) is 0 Å². The zero-order valence-electron chi connectivity index (χ0n) is 8.37. The summed E-state index contributed by atoms with van der Waals surface area (Å²) in [5, 5.41) is 6.15. The monoisotopic (exact) mass is 360 g/mol. The Hall–Kier alpha value is 0.205. The van der Waals surface area contributed by atoms with Crippen molar-refractivity contribution in [2.45, 2.75) is 18.8 Å². The predicted molar refractivity (Wildman–Crippen MR) is 79.8 cm³/mol. The van der Waals surface area contributed by atoms with E-state index in [1.54, 1.807) is 0 Å². The third-order valence-electron chi connectivity index (χ3n) is 2.97. The van der Waals surface area contributed by atoms with Crippen LogP contribution in [0.4, 0.5) is 0 Å². The second-order valence-corrected chi connectivity index (χ2v) is 6.48. The SMILES string of the molecule is [B]c1c(C2CC2)c(Cl)cc2c1cnn2PI. The highest BCUT2D eigenvalue weighted by molar-refractivity contribution is 14.2. The summed E-state index contributed by atoms with van der Waals surface area (Å²) < 4.78 is 1.94. The highest BCUT2D eigenvalue weighted by Gasteiger charge is 2.28. The summed E-state index contributed by atoms with van der Waals surface area (Å²) in [7, 11) is 6.19. The van der Waals surface area contributed by atoms with Gasteiger partial charge in [0.1, 0.15) is 7.85 Å². The Kier molecular flexibility index (Phi) is 2.93. The summed E-state index contributed by atoms with van der Waals surface area (Å²) >= 11 is 8.61. The fourth-order valence-electron chi connectivity index (χ4n) is 2.03. The fourth-order valence-corrected chi connectivity index (χ4v) is 3.92. The first-order chi connectivity index (χ1) is 7.72. The summed E-state index contributed by atoms with van der Waals surface area (Å²) in [5.74, 6) is 0.572. The van der Waals surface area contributed by atoms with Crippen molar-refractivity contribution in [2.24, 2.45) is 0 Å². The summed E-state index contributed by atoms with van der Waals surface area (Å²) in [6, 6.07) is 2.00. The molecule has 0 amide bonds. The minimum absolute atomic E-state index is 0.569. The van der Waals surface area contributed by atoms with E-state index in [1.165, 1.54) is 12.8 Å². The van der Waals surface area contributed by atoms with E-state index in [-0.39, 0.29) is 0 Å². The first-order valence-corrected chi connectivity index (χ1v) is 9.48. The molecule has 16 heavy (non-hydrogen) atoms. The van der Waals surface area contributed by atoms with Crippen molar-refractivity contribution >= 4 is 64.2 Å². The molecule has 80 valence electrons. The van der Waals surface area contributed by atoms with E-state index in [0.717, 1.165) is 27.0 Å². The molecule has 0 aliphatic heterocycles. The summed E-state index contributed by atoms with van der Waals surface area (Å²) in [4.78, 5) is 0. The third kappa shape index (κ3) is 1.70. The van der Waals surface area contributed by atoms with Gasteiger partial charge in [-0.2, -0.15) is 5.10 Å². The predicted octanol–water partition coefficient (Wildman–Crippen LogP) is 3.15. The lowest BCUT2D eigenvalue weighted by Gasteiger charge is -2.09. The van der Waals surface area contributed by atoms with Crippen molar-refractivity contribution in [1.82, 2.24) is 9.55 Å². The zero-order valence-corrected chi connectivity index (χ0v) is 12.3. The molecule has 1 heterocycles. The highest BCUT2D eigenvalue weighted by Crippen LogP contribution is 2.43. The molecule has 3 rings (SSSR count). The number of benzene rings is 1. The molecule has 0 saturated heterocycles. The van der Waals surface area contributed by atoms with Crippen molar-refractivity contribution in [3.05, 3.63) is 22.8 Å². The molecule has 1 aliphatic carbocycles. The second-order valence-electron chi connectivity index (χ2n) is 4.03. The molecule has 1 aromatic heterocycles. The van der Waals surface area contributed by atoms with Gasteiger partial charge >= 0.3 is 0 Å². The van der Waals surface area contributed by atoms with Gasteiger partial charge in [0.05, 0.1) is 18.1 Å². The quantitative estimate of drug-likeness (QED) is 0.457. The van der Waals surface area contributed by atoms with Gasteiger partial charge in [0.15, 0.2) is 0 Å². The smallest absolute Gasteiger partial charge is 0.115 e. The molecule has 2 radical (unpaired) electrons. The zero-order chi connectivity index (χ0) is 11.3. The molecule has 2 nitrogen and oxygen atoms in total. The molecule has 1 unspecified atom stereocenters. The Bertz CT molecular complexity index is 567. The molecule has 0 N–H and O–H groups in total. The molecule has 1 aromatic carbocycles. The van der Waals surface area contributed by atoms with Gasteiger partial charge in [0, 0.05) is 10.4 Å². The Morgan fingerprint density at radius 2 is 2.31 bits per heavy atom. The van der Waals surface area contributed by atoms with Crippen LogP contribution < -0.4 is 5.46 Å². The molecule has 1 saturated carbocycles. The van der Waals surface area contributed by atoms with Crippen LogP contribution in [-0.4, -0.2) is 17.4 Å². The molecule has 1 atom stereocenters. The molecular formula is C10H8BClIN2P. The van der Waals surface area contributed by atoms with Gasteiger partial charge in [0.2, 0.25) is 0 Å². The number of nitrogens with zero attached hydrogens (tertiary/aromatic N) is 2. The Morgan fingerprint density at radius 1 is 1.56 bits per heavy atom. The van der Waals surface area contributed by atoms with Gasteiger partial charge in [-0.05, 0) is 52.4 Å². The van der Waals surface area contributed by atoms with Crippen molar-refractivity contribution in [1.29, 1.82) is 0 Å². The van der Waals surface area contributed by atoms with E-state index in [4.69, 9.17) is 19.4 Å². The van der Waals surface area contributed by atoms with Crippen molar-refractivity contribution in [3.63, 3.8) is 0 Å². The van der Waals surface area contributed by atoms with Gasteiger partial charge in [-0.25, -0.2) is 4.45 Å². The van der Waals surface area contributed by atoms with Crippen molar-refractivity contribution in [2.75, 3.05) is 0 Å². The minimum atomic E-state index is 0.569. The van der Waals surface area contributed by atoms with Gasteiger partial charge < -0.3 is 0 Å². The normalized spacial score (nSPS) is 16.6. The van der Waals surface area contributed by atoms with Gasteiger partial charge in [-0.3, -0.25) is 0 Å². The third-order valence-corrected chi connectivity index (χ3v) is 5.17. The average molecular weight is 360 g/mol. The molecule has 1 fully saturated rings. The number of aromatic nitrogens is 2. The lowest BCUT2D eigenvalue weighted by molar-refractivity contribution is 1.04. The summed E-state index contributed by atoms with van der Waals surface area (Å²) in [5.41, 5.74) is 3.00.